The molecular weight excluding hydrogens is 296 g/mol. The monoisotopic (exact) mass is 322 g/mol. The zero-order valence-electron chi connectivity index (χ0n) is 15.0. The van der Waals surface area contributed by atoms with E-state index in [9.17, 15) is 0 Å². The summed E-state index contributed by atoms with van der Waals surface area (Å²) in [6.45, 7) is 9.47. The molecule has 3 aromatic rings. The van der Waals surface area contributed by atoms with Gasteiger partial charge in [0.05, 0.1) is 5.69 Å². The highest BCUT2D eigenvalue weighted by atomic mass is 15.3. The quantitative estimate of drug-likeness (QED) is 0.709. The molecule has 1 aromatic carbocycles. The van der Waals surface area contributed by atoms with Crippen LogP contribution < -0.4 is 5.32 Å². The number of fused-ring (bicyclic) bond motifs is 1. The van der Waals surface area contributed by atoms with Gasteiger partial charge in [-0.05, 0) is 25.3 Å². The first-order valence-electron chi connectivity index (χ1n) is 8.59. The molecule has 0 fully saturated rings. The van der Waals surface area contributed by atoms with E-state index >= 15 is 0 Å². The van der Waals surface area contributed by atoms with Crippen LogP contribution in [0.25, 0.3) is 5.65 Å². The molecule has 1 N–H and O–H groups in total. The predicted octanol–water partition coefficient (Wildman–Crippen LogP) is 4.38. The summed E-state index contributed by atoms with van der Waals surface area (Å²) < 4.78 is 1.93. The third kappa shape index (κ3) is 3.75. The molecule has 2 aromatic heterocycles. The van der Waals surface area contributed by atoms with E-state index in [2.05, 4.69) is 73.5 Å². The van der Waals surface area contributed by atoms with E-state index < -0.39 is 0 Å². The van der Waals surface area contributed by atoms with E-state index in [0.717, 1.165) is 42.2 Å². The van der Waals surface area contributed by atoms with Gasteiger partial charge in [0.1, 0.15) is 5.82 Å². The van der Waals surface area contributed by atoms with Gasteiger partial charge in [0.15, 0.2) is 5.65 Å². The van der Waals surface area contributed by atoms with Crippen LogP contribution in [-0.4, -0.2) is 21.1 Å². The molecule has 0 saturated carbocycles. The highest BCUT2D eigenvalue weighted by molar-refractivity contribution is 5.51. The Bertz CT molecular complexity index is 813. The Morgan fingerprint density at radius 1 is 1.08 bits per heavy atom. The normalized spacial score (nSPS) is 11.8. The molecule has 0 unspecified atom stereocenters. The minimum atomic E-state index is 0.0200. The van der Waals surface area contributed by atoms with Gasteiger partial charge >= 0.3 is 0 Å². The number of anilines is 1. The van der Waals surface area contributed by atoms with Gasteiger partial charge < -0.3 is 5.32 Å². The molecule has 4 heteroatoms. The number of aromatic nitrogens is 3. The number of aryl methyl sites for hydroxylation is 2. The van der Waals surface area contributed by atoms with E-state index in [4.69, 9.17) is 5.10 Å². The summed E-state index contributed by atoms with van der Waals surface area (Å²) in [5, 5.41) is 8.28. The second kappa shape index (κ2) is 6.63. The third-order valence-corrected chi connectivity index (χ3v) is 4.11. The predicted molar refractivity (Wildman–Crippen MR) is 99.7 cm³/mol. The molecule has 0 spiro atoms. The average molecular weight is 322 g/mol. The van der Waals surface area contributed by atoms with Gasteiger partial charge in [0.25, 0.3) is 0 Å². The number of nitrogens with zero attached hydrogens (tertiary/aromatic N) is 3. The molecular formula is C20H26N4. The highest BCUT2D eigenvalue weighted by Gasteiger charge is 2.19. The summed E-state index contributed by atoms with van der Waals surface area (Å²) in [5.74, 6) is 1.01. The minimum absolute atomic E-state index is 0.0200. The van der Waals surface area contributed by atoms with Crippen molar-refractivity contribution in [3.05, 3.63) is 59.4 Å². The summed E-state index contributed by atoms with van der Waals surface area (Å²) in [6, 6.07) is 14.8. The molecule has 4 nitrogen and oxygen atoms in total. The summed E-state index contributed by atoms with van der Waals surface area (Å²) in [4.78, 5) is 4.61. The van der Waals surface area contributed by atoms with Crippen molar-refractivity contribution in [2.75, 3.05) is 11.9 Å². The maximum atomic E-state index is 4.75. The summed E-state index contributed by atoms with van der Waals surface area (Å²) >= 11 is 0. The fourth-order valence-corrected chi connectivity index (χ4v) is 2.75. The van der Waals surface area contributed by atoms with Crippen LogP contribution in [0.4, 0.5) is 5.82 Å². The number of hydrogen-bond donors (Lipinski definition) is 1. The average Bonchev–Trinajstić information content (AvgIpc) is 2.96. The van der Waals surface area contributed by atoms with Crippen molar-refractivity contribution in [1.82, 2.24) is 14.6 Å². The zero-order chi connectivity index (χ0) is 17.2. The lowest BCUT2D eigenvalue weighted by Gasteiger charge is -2.14. The first kappa shape index (κ1) is 16.5. The van der Waals surface area contributed by atoms with Crippen molar-refractivity contribution in [1.29, 1.82) is 0 Å². The Labute approximate surface area is 143 Å². The zero-order valence-corrected chi connectivity index (χ0v) is 15.0. The largest absolute Gasteiger partial charge is 0.370 e. The smallest absolute Gasteiger partial charge is 0.157 e. The van der Waals surface area contributed by atoms with Gasteiger partial charge in [-0.3, -0.25) is 0 Å². The van der Waals surface area contributed by atoms with E-state index in [1.54, 1.807) is 0 Å². The third-order valence-electron chi connectivity index (χ3n) is 4.11. The van der Waals surface area contributed by atoms with Crippen molar-refractivity contribution in [2.45, 2.75) is 46.0 Å². The van der Waals surface area contributed by atoms with E-state index in [0.29, 0.717) is 0 Å². The molecule has 3 rings (SSSR count). The SMILES string of the molecule is Cc1cc(NCCCc2ccccc2)n2nc(C(C)(C)C)cc2n1. The van der Waals surface area contributed by atoms with E-state index in [1.165, 1.54) is 5.56 Å². The lowest BCUT2D eigenvalue weighted by molar-refractivity contribution is 0.563. The van der Waals surface area contributed by atoms with Gasteiger partial charge in [0, 0.05) is 29.8 Å². The topological polar surface area (TPSA) is 42.2 Å². The second-order valence-corrected chi connectivity index (χ2v) is 7.35. The van der Waals surface area contributed by atoms with Gasteiger partial charge in [-0.25, -0.2) is 4.98 Å². The van der Waals surface area contributed by atoms with Gasteiger partial charge in [-0.15, -0.1) is 0 Å². The van der Waals surface area contributed by atoms with Crippen LogP contribution in [0.2, 0.25) is 0 Å². The van der Waals surface area contributed by atoms with E-state index in [-0.39, 0.29) is 5.41 Å². The van der Waals surface area contributed by atoms with Crippen molar-refractivity contribution in [3.63, 3.8) is 0 Å². The number of nitrogens with one attached hydrogen (secondary N) is 1. The minimum Gasteiger partial charge on any atom is -0.370 e. The molecule has 0 aliphatic rings. The number of rotatable bonds is 5. The van der Waals surface area contributed by atoms with Crippen molar-refractivity contribution >= 4 is 11.5 Å². The Morgan fingerprint density at radius 3 is 2.54 bits per heavy atom. The summed E-state index contributed by atoms with van der Waals surface area (Å²) in [6.07, 6.45) is 2.16. The van der Waals surface area contributed by atoms with Crippen LogP contribution in [0.3, 0.4) is 0 Å². The molecule has 0 radical (unpaired) electrons. The molecule has 24 heavy (non-hydrogen) atoms. The molecule has 0 bridgehead atoms. The van der Waals surface area contributed by atoms with Crippen molar-refractivity contribution < 1.29 is 0 Å². The standard InChI is InChI=1S/C20H26N4/c1-15-13-18(21-12-8-11-16-9-6-5-7-10-16)24-19(22-15)14-17(23-24)20(2,3)4/h5-7,9-10,13-14,21H,8,11-12H2,1-4H3. The van der Waals surface area contributed by atoms with Crippen LogP contribution >= 0.6 is 0 Å². The Morgan fingerprint density at radius 2 is 1.83 bits per heavy atom. The molecule has 2 heterocycles. The molecule has 126 valence electrons. The molecule has 0 aliphatic heterocycles. The molecule has 0 amide bonds. The van der Waals surface area contributed by atoms with Gasteiger partial charge in [0.2, 0.25) is 0 Å². The second-order valence-electron chi connectivity index (χ2n) is 7.35. The fraction of sp³-hybridized carbons (Fsp3) is 0.400. The van der Waals surface area contributed by atoms with Crippen LogP contribution in [0.1, 0.15) is 44.1 Å². The van der Waals surface area contributed by atoms with Gasteiger partial charge in [-0.1, -0.05) is 51.1 Å². The Balaban J connectivity index is 1.72. The number of benzene rings is 1. The summed E-state index contributed by atoms with van der Waals surface area (Å²) in [5.41, 5.74) is 4.38. The van der Waals surface area contributed by atoms with Crippen molar-refractivity contribution in [3.8, 4) is 0 Å². The molecule has 0 saturated heterocycles. The first-order valence-corrected chi connectivity index (χ1v) is 8.59. The molecule has 0 atom stereocenters. The van der Waals surface area contributed by atoms with Crippen LogP contribution in [-0.2, 0) is 11.8 Å². The van der Waals surface area contributed by atoms with Crippen LogP contribution in [0.5, 0.6) is 0 Å². The van der Waals surface area contributed by atoms with E-state index in [1.807, 2.05) is 11.4 Å². The van der Waals surface area contributed by atoms with Gasteiger partial charge in [-0.2, -0.15) is 9.61 Å². The van der Waals surface area contributed by atoms with Crippen LogP contribution in [0.15, 0.2) is 42.5 Å². The summed E-state index contributed by atoms with van der Waals surface area (Å²) in [7, 11) is 0. The Kier molecular flexibility index (Phi) is 4.56. The lowest BCUT2D eigenvalue weighted by atomic mass is 9.93. The Hall–Kier alpha value is -2.36. The number of hydrogen-bond acceptors (Lipinski definition) is 3. The van der Waals surface area contributed by atoms with Crippen molar-refractivity contribution in [2.24, 2.45) is 0 Å². The maximum absolute atomic E-state index is 4.75. The maximum Gasteiger partial charge on any atom is 0.157 e. The molecule has 0 aliphatic carbocycles. The highest BCUT2D eigenvalue weighted by Crippen LogP contribution is 2.23. The van der Waals surface area contributed by atoms with Crippen LogP contribution in [0, 0.1) is 6.92 Å². The lowest BCUT2D eigenvalue weighted by Crippen LogP contribution is -2.13. The fourth-order valence-electron chi connectivity index (χ4n) is 2.75. The first-order chi connectivity index (χ1) is 11.4.